The summed E-state index contributed by atoms with van der Waals surface area (Å²) < 4.78 is 12.4. The fourth-order valence-electron chi connectivity index (χ4n) is 1.80. The van der Waals surface area contributed by atoms with Crippen molar-refractivity contribution in [1.82, 2.24) is 9.78 Å². The fraction of sp³-hybridized carbons (Fsp3) is 0.750. The highest BCUT2D eigenvalue weighted by Gasteiger charge is 2.25. The molecule has 0 saturated carbocycles. The van der Waals surface area contributed by atoms with Gasteiger partial charge in [-0.25, -0.2) is 0 Å². The Balaban J connectivity index is 2.95. The van der Waals surface area contributed by atoms with Gasteiger partial charge in [0.1, 0.15) is 11.8 Å². The Morgan fingerprint density at radius 3 is 2.71 bits per heavy atom. The van der Waals surface area contributed by atoms with Gasteiger partial charge in [-0.15, -0.1) is 0 Å². The van der Waals surface area contributed by atoms with Gasteiger partial charge < -0.3 is 14.6 Å². The first-order valence-electron chi connectivity index (χ1n) is 6.05. The minimum Gasteiger partial charge on any atom is -0.493 e. The zero-order chi connectivity index (χ0) is 12.8. The van der Waals surface area contributed by atoms with E-state index >= 15 is 0 Å². The lowest BCUT2D eigenvalue weighted by atomic mass is 10.1. The summed E-state index contributed by atoms with van der Waals surface area (Å²) in [4.78, 5) is 0. The highest BCUT2D eigenvalue weighted by atomic mass is 16.5. The Morgan fingerprint density at radius 1 is 1.47 bits per heavy atom. The van der Waals surface area contributed by atoms with E-state index in [0.29, 0.717) is 18.1 Å². The molecule has 0 aliphatic rings. The van der Waals surface area contributed by atoms with Gasteiger partial charge in [-0.05, 0) is 20.3 Å². The van der Waals surface area contributed by atoms with E-state index in [1.54, 1.807) is 18.0 Å². The number of rotatable bonds is 7. The van der Waals surface area contributed by atoms with Crippen molar-refractivity contribution in [3.05, 3.63) is 11.9 Å². The number of aliphatic hydroxyl groups excluding tert-OH is 1. The lowest BCUT2D eigenvalue weighted by Crippen LogP contribution is -2.22. The molecule has 1 rings (SSSR count). The first kappa shape index (κ1) is 14.0. The molecule has 0 saturated heterocycles. The van der Waals surface area contributed by atoms with Gasteiger partial charge in [0.2, 0.25) is 0 Å². The van der Waals surface area contributed by atoms with Crippen molar-refractivity contribution < 1.29 is 14.6 Å². The summed E-state index contributed by atoms with van der Waals surface area (Å²) in [6, 6.07) is 0. The van der Waals surface area contributed by atoms with Crippen molar-refractivity contribution in [2.75, 3.05) is 13.7 Å². The number of hydrogen-bond donors (Lipinski definition) is 1. The van der Waals surface area contributed by atoms with Crippen LogP contribution in [0, 0.1) is 0 Å². The van der Waals surface area contributed by atoms with Crippen LogP contribution in [0.5, 0.6) is 5.75 Å². The summed E-state index contributed by atoms with van der Waals surface area (Å²) in [5.74, 6) is 0.609. The summed E-state index contributed by atoms with van der Waals surface area (Å²) in [7, 11) is 1.58. The molecule has 0 radical (unpaired) electrons. The molecule has 0 aliphatic carbocycles. The maximum Gasteiger partial charge on any atom is 0.162 e. The average molecular weight is 242 g/mol. The van der Waals surface area contributed by atoms with E-state index in [0.717, 1.165) is 13.0 Å². The topological polar surface area (TPSA) is 56.5 Å². The molecular weight excluding hydrogens is 220 g/mol. The van der Waals surface area contributed by atoms with Crippen molar-refractivity contribution in [3.63, 3.8) is 0 Å². The Hall–Kier alpha value is -1.07. The molecule has 1 N–H and O–H groups in total. The SMILES string of the molecule is CCCn1ncc(OC)c1C(O)C(C)OCC. The number of aryl methyl sites for hydroxylation is 1. The van der Waals surface area contributed by atoms with Crippen LogP contribution >= 0.6 is 0 Å². The lowest BCUT2D eigenvalue weighted by molar-refractivity contribution is -0.0274. The quantitative estimate of drug-likeness (QED) is 0.791. The van der Waals surface area contributed by atoms with E-state index in [1.807, 2.05) is 13.8 Å². The van der Waals surface area contributed by atoms with E-state index in [9.17, 15) is 5.11 Å². The summed E-state index contributed by atoms with van der Waals surface area (Å²) in [5, 5.41) is 14.5. The molecule has 2 unspecified atom stereocenters. The van der Waals surface area contributed by atoms with Crippen LogP contribution in [0.4, 0.5) is 0 Å². The molecular formula is C12H22N2O3. The van der Waals surface area contributed by atoms with Crippen LogP contribution in [0.15, 0.2) is 6.20 Å². The largest absolute Gasteiger partial charge is 0.493 e. The smallest absolute Gasteiger partial charge is 0.162 e. The fourth-order valence-corrected chi connectivity index (χ4v) is 1.80. The van der Waals surface area contributed by atoms with E-state index in [4.69, 9.17) is 9.47 Å². The van der Waals surface area contributed by atoms with Crippen molar-refractivity contribution >= 4 is 0 Å². The monoisotopic (exact) mass is 242 g/mol. The van der Waals surface area contributed by atoms with Crippen LogP contribution in [0.3, 0.4) is 0 Å². The number of aliphatic hydroxyl groups is 1. The minimum absolute atomic E-state index is 0.277. The van der Waals surface area contributed by atoms with E-state index < -0.39 is 6.10 Å². The number of methoxy groups -OCH3 is 1. The van der Waals surface area contributed by atoms with Crippen LogP contribution in [0.1, 0.15) is 39.0 Å². The number of hydrogen-bond acceptors (Lipinski definition) is 4. The van der Waals surface area contributed by atoms with Gasteiger partial charge in [-0.3, -0.25) is 4.68 Å². The molecule has 0 spiro atoms. The summed E-state index contributed by atoms with van der Waals surface area (Å²) >= 11 is 0. The Labute approximate surface area is 102 Å². The second kappa shape index (κ2) is 6.61. The van der Waals surface area contributed by atoms with Crippen molar-refractivity contribution in [2.45, 2.75) is 45.9 Å². The molecule has 0 aromatic carbocycles. The number of ether oxygens (including phenoxy) is 2. The van der Waals surface area contributed by atoms with Gasteiger partial charge in [-0.1, -0.05) is 6.92 Å². The van der Waals surface area contributed by atoms with Crippen LogP contribution in [-0.2, 0) is 11.3 Å². The summed E-state index contributed by atoms with van der Waals surface area (Å²) in [6.45, 7) is 7.15. The van der Waals surface area contributed by atoms with Crippen LogP contribution in [-0.4, -0.2) is 34.7 Å². The molecule has 1 aromatic rings. The van der Waals surface area contributed by atoms with Gasteiger partial charge in [0.15, 0.2) is 5.75 Å². The second-order valence-corrected chi connectivity index (χ2v) is 3.93. The molecule has 17 heavy (non-hydrogen) atoms. The standard InChI is InChI=1S/C12H22N2O3/c1-5-7-14-11(10(16-4)8-13-14)12(15)9(3)17-6-2/h8-9,12,15H,5-7H2,1-4H3. The number of aromatic nitrogens is 2. The highest BCUT2D eigenvalue weighted by Crippen LogP contribution is 2.28. The molecule has 0 amide bonds. The Morgan fingerprint density at radius 2 is 2.18 bits per heavy atom. The summed E-state index contributed by atoms with van der Waals surface area (Å²) in [6.07, 6.45) is 1.58. The molecule has 98 valence electrons. The van der Waals surface area contributed by atoms with Crippen molar-refractivity contribution in [2.24, 2.45) is 0 Å². The predicted molar refractivity (Wildman–Crippen MR) is 65.1 cm³/mol. The normalized spacial score (nSPS) is 14.6. The maximum absolute atomic E-state index is 10.3. The molecule has 0 aliphatic heterocycles. The molecule has 0 bridgehead atoms. The highest BCUT2D eigenvalue weighted by molar-refractivity contribution is 5.27. The van der Waals surface area contributed by atoms with Crippen molar-refractivity contribution in [3.8, 4) is 5.75 Å². The third-order valence-electron chi connectivity index (χ3n) is 2.65. The van der Waals surface area contributed by atoms with Crippen LogP contribution < -0.4 is 4.74 Å². The average Bonchev–Trinajstić information content (AvgIpc) is 2.72. The Bertz CT molecular complexity index is 338. The maximum atomic E-state index is 10.3. The van der Waals surface area contributed by atoms with E-state index in [1.165, 1.54) is 0 Å². The zero-order valence-electron chi connectivity index (χ0n) is 11.0. The van der Waals surface area contributed by atoms with Crippen LogP contribution in [0.25, 0.3) is 0 Å². The molecule has 1 aromatic heterocycles. The molecule has 2 atom stereocenters. The van der Waals surface area contributed by atoms with Crippen molar-refractivity contribution in [1.29, 1.82) is 0 Å². The molecule has 5 heteroatoms. The van der Waals surface area contributed by atoms with E-state index in [-0.39, 0.29) is 6.10 Å². The van der Waals surface area contributed by atoms with Crippen LogP contribution in [0.2, 0.25) is 0 Å². The predicted octanol–water partition coefficient (Wildman–Crippen LogP) is 1.76. The third kappa shape index (κ3) is 3.20. The third-order valence-corrected chi connectivity index (χ3v) is 2.65. The molecule has 5 nitrogen and oxygen atoms in total. The second-order valence-electron chi connectivity index (χ2n) is 3.93. The Kier molecular flexibility index (Phi) is 5.44. The van der Waals surface area contributed by atoms with Gasteiger partial charge >= 0.3 is 0 Å². The lowest BCUT2D eigenvalue weighted by Gasteiger charge is -2.20. The van der Waals surface area contributed by atoms with Gasteiger partial charge in [-0.2, -0.15) is 5.10 Å². The first-order valence-corrected chi connectivity index (χ1v) is 6.05. The van der Waals surface area contributed by atoms with Gasteiger partial charge in [0.05, 0.1) is 19.4 Å². The van der Waals surface area contributed by atoms with E-state index in [2.05, 4.69) is 12.0 Å². The number of nitrogens with zero attached hydrogens (tertiary/aromatic N) is 2. The molecule has 1 heterocycles. The minimum atomic E-state index is -0.723. The summed E-state index contributed by atoms with van der Waals surface area (Å²) in [5.41, 5.74) is 0.690. The van der Waals surface area contributed by atoms with Gasteiger partial charge in [0, 0.05) is 13.2 Å². The zero-order valence-corrected chi connectivity index (χ0v) is 11.0. The van der Waals surface area contributed by atoms with Gasteiger partial charge in [0.25, 0.3) is 0 Å². The molecule has 0 fully saturated rings. The first-order chi connectivity index (χ1) is 8.15.